The molecule has 148 valence electrons. The van der Waals surface area contributed by atoms with Crippen LogP contribution in [0.1, 0.15) is 16.7 Å². The average Bonchev–Trinajstić information content (AvgIpc) is 3.04. The second kappa shape index (κ2) is 6.90. The molecule has 1 atom stereocenters. The first kappa shape index (κ1) is 18.1. The summed E-state index contributed by atoms with van der Waals surface area (Å²) >= 11 is 0. The minimum absolute atomic E-state index is 0.477. The zero-order valence-corrected chi connectivity index (χ0v) is 17.0. The van der Waals surface area contributed by atoms with Crippen molar-refractivity contribution >= 4 is 32.9 Å². The predicted molar refractivity (Wildman–Crippen MR) is 128 cm³/mol. The Bertz CT molecular complexity index is 1460. The van der Waals surface area contributed by atoms with Crippen LogP contribution in [0.5, 0.6) is 0 Å². The molecule has 1 unspecified atom stereocenters. The predicted octanol–water partition coefficient (Wildman–Crippen LogP) is 6.56. The average molecular weight is 399 g/mol. The van der Waals surface area contributed by atoms with Crippen molar-refractivity contribution in [2.45, 2.75) is 12.0 Å². The third-order valence-corrected chi connectivity index (χ3v) is 6.30. The van der Waals surface area contributed by atoms with E-state index in [1.54, 1.807) is 0 Å². The second-order valence-electron chi connectivity index (χ2n) is 8.19. The summed E-state index contributed by atoms with van der Waals surface area (Å²) in [6.45, 7) is 0. The lowest BCUT2D eigenvalue weighted by Crippen LogP contribution is -2.35. The van der Waals surface area contributed by atoms with Gasteiger partial charge in [0.25, 0.3) is 0 Å². The molecule has 0 fully saturated rings. The van der Waals surface area contributed by atoms with Crippen molar-refractivity contribution in [2.24, 2.45) is 4.99 Å². The van der Waals surface area contributed by atoms with Gasteiger partial charge in [-0.05, 0) is 33.4 Å². The van der Waals surface area contributed by atoms with Crippen LogP contribution in [0.4, 0.5) is 5.69 Å². The molecule has 1 aliphatic carbocycles. The van der Waals surface area contributed by atoms with Crippen LogP contribution in [-0.4, -0.2) is 10.8 Å². The molecule has 0 saturated carbocycles. The van der Waals surface area contributed by atoms with E-state index in [2.05, 4.69) is 48.5 Å². The SMILES string of the molecule is OC1(Cc2ccccc2)C(=Nc2cccc3ccccc23)c2cccc3cccc1c23. The largest absolute Gasteiger partial charge is 0.378 e. The van der Waals surface area contributed by atoms with E-state index in [0.717, 1.165) is 49.6 Å². The molecule has 0 radical (unpaired) electrons. The van der Waals surface area contributed by atoms with Crippen molar-refractivity contribution < 1.29 is 5.11 Å². The third kappa shape index (κ3) is 2.80. The van der Waals surface area contributed by atoms with Gasteiger partial charge < -0.3 is 5.11 Å². The van der Waals surface area contributed by atoms with E-state index in [9.17, 15) is 5.11 Å². The van der Waals surface area contributed by atoms with Crippen molar-refractivity contribution in [3.63, 3.8) is 0 Å². The number of rotatable bonds is 3. The van der Waals surface area contributed by atoms with Gasteiger partial charge in [-0.3, -0.25) is 0 Å². The molecule has 0 amide bonds. The van der Waals surface area contributed by atoms with Crippen LogP contribution >= 0.6 is 0 Å². The molecule has 6 rings (SSSR count). The van der Waals surface area contributed by atoms with E-state index >= 15 is 0 Å². The van der Waals surface area contributed by atoms with E-state index < -0.39 is 5.60 Å². The van der Waals surface area contributed by atoms with Crippen LogP contribution in [0.15, 0.2) is 114 Å². The summed E-state index contributed by atoms with van der Waals surface area (Å²) in [6, 6.07) is 37.0. The van der Waals surface area contributed by atoms with Crippen molar-refractivity contribution in [3.05, 3.63) is 126 Å². The van der Waals surface area contributed by atoms with Gasteiger partial charge in [0.1, 0.15) is 5.60 Å². The van der Waals surface area contributed by atoms with Gasteiger partial charge in [0.2, 0.25) is 0 Å². The molecule has 0 aliphatic heterocycles. The molecule has 0 saturated heterocycles. The molecule has 5 aromatic carbocycles. The Morgan fingerprint density at radius 2 is 1.32 bits per heavy atom. The molecule has 2 nitrogen and oxygen atoms in total. The van der Waals surface area contributed by atoms with E-state index in [1.165, 1.54) is 0 Å². The minimum atomic E-state index is -1.19. The van der Waals surface area contributed by atoms with E-state index in [1.807, 2.05) is 60.7 Å². The number of fused-ring (bicyclic) bond motifs is 1. The topological polar surface area (TPSA) is 32.6 Å². The monoisotopic (exact) mass is 399 g/mol. The van der Waals surface area contributed by atoms with Crippen LogP contribution in [0.2, 0.25) is 0 Å². The summed E-state index contributed by atoms with van der Waals surface area (Å²) in [5, 5.41) is 16.7. The molecule has 2 heteroatoms. The highest BCUT2D eigenvalue weighted by Gasteiger charge is 2.44. The summed E-state index contributed by atoms with van der Waals surface area (Å²) in [7, 11) is 0. The van der Waals surface area contributed by atoms with Crippen LogP contribution in [0.25, 0.3) is 21.5 Å². The van der Waals surface area contributed by atoms with Crippen molar-refractivity contribution in [3.8, 4) is 0 Å². The first-order chi connectivity index (χ1) is 15.2. The highest BCUT2D eigenvalue weighted by molar-refractivity contribution is 6.23. The Hall–Kier alpha value is -3.75. The quantitative estimate of drug-likeness (QED) is 0.366. The normalized spacial score (nSPS) is 18.8. The number of aliphatic hydroxyl groups is 1. The number of hydrogen-bond acceptors (Lipinski definition) is 2. The van der Waals surface area contributed by atoms with Gasteiger partial charge in [0, 0.05) is 17.4 Å². The highest BCUT2D eigenvalue weighted by Crippen LogP contribution is 2.44. The number of benzene rings is 5. The minimum Gasteiger partial charge on any atom is -0.378 e. The Morgan fingerprint density at radius 1 is 0.645 bits per heavy atom. The van der Waals surface area contributed by atoms with E-state index in [4.69, 9.17) is 4.99 Å². The standard InChI is InChI=1S/C29H21NO/c31-29(19-20-9-2-1-3-10-20)25-17-7-14-22-13-6-16-24(27(22)25)28(29)30-26-18-8-12-21-11-4-5-15-23(21)26/h1-18,31H,19H2. The van der Waals surface area contributed by atoms with Gasteiger partial charge in [-0.25, -0.2) is 4.99 Å². The fraction of sp³-hybridized carbons (Fsp3) is 0.0690. The maximum absolute atomic E-state index is 12.2. The molecule has 0 bridgehead atoms. The lowest BCUT2D eigenvalue weighted by Gasteiger charge is -2.26. The number of aliphatic imine (C=N–C) groups is 1. The fourth-order valence-electron chi connectivity index (χ4n) is 4.88. The summed E-state index contributed by atoms with van der Waals surface area (Å²) < 4.78 is 0. The van der Waals surface area contributed by atoms with Crippen LogP contribution in [0.3, 0.4) is 0 Å². The third-order valence-electron chi connectivity index (χ3n) is 6.30. The van der Waals surface area contributed by atoms with Gasteiger partial charge in [-0.15, -0.1) is 0 Å². The molecule has 31 heavy (non-hydrogen) atoms. The Labute approximate surface area is 181 Å². The summed E-state index contributed by atoms with van der Waals surface area (Å²) in [6.07, 6.45) is 0.477. The first-order valence-electron chi connectivity index (χ1n) is 10.6. The Morgan fingerprint density at radius 3 is 2.19 bits per heavy atom. The second-order valence-corrected chi connectivity index (χ2v) is 8.19. The van der Waals surface area contributed by atoms with Gasteiger partial charge in [-0.2, -0.15) is 0 Å². The smallest absolute Gasteiger partial charge is 0.137 e. The van der Waals surface area contributed by atoms with Crippen molar-refractivity contribution in [1.29, 1.82) is 0 Å². The van der Waals surface area contributed by atoms with Crippen LogP contribution < -0.4 is 0 Å². The molecule has 5 aromatic rings. The Balaban J connectivity index is 1.63. The summed E-state index contributed by atoms with van der Waals surface area (Å²) in [5.74, 6) is 0. The van der Waals surface area contributed by atoms with Crippen molar-refractivity contribution in [2.75, 3.05) is 0 Å². The number of hydrogen-bond donors (Lipinski definition) is 1. The zero-order valence-electron chi connectivity index (χ0n) is 17.0. The molecule has 1 N–H and O–H groups in total. The molecule has 0 aromatic heterocycles. The number of nitrogens with zero attached hydrogens (tertiary/aromatic N) is 1. The zero-order chi connectivity index (χ0) is 20.8. The molecule has 1 aliphatic rings. The molecule has 0 spiro atoms. The first-order valence-corrected chi connectivity index (χ1v) is 10.6. The molecular formula is C29H21NO. The fourth-order valence-corrected chi connectivity index (χ4v) is 4.88. The Kier molecular flexibility index (Phi) is 4.02. The van der Waals surface area contributed by atoms with Crippen molar-refractivity contribution in [1.82, 2.24) is 0 Å². The summed E-state index contributed by atoms with van der Waals surface area (Å²) in [5.41, 5.74) is 3.44. The van der Waals surface area contributed by atoms with Gasteiger partial charge in [0.15, 0.2) is 0 Å². The van der Waals surface area contributed by atoms with Gasteiger partial charge in [0.05, 0.1) is 11.4 Å². The van der Waals surface area contributed by atoms with Crippen LogP contribution in [-0.2, 0) is 12.0 Å². The van der Waals surface area contributed by atoms with E-state index in [-0.39, 0.29) is 0 Å². The lowest BCUT2D eigenvalue weighted by atomic mass is 9.86. The molecule has 0 heterocycles. The van der Waals surface area contributed by atoms with Gasteiger partial charge in [-0.1, -0.05) is 103 Å². The van der Waals surface area contributed by atoms with Crippen LogP contribution in [0, 0.1) is 0 Å². The maximum Gasteiger partial charge on any atom is 0.137 e. The summed E-state index contributed by atoms with van der Waals surface area (Å²) in [4.78, 5) is 5.14. The van der Waals surface area contributed by atoms with E-state index in [0.29, 0.717) is 6.42 Å². The van der Waals surface area contributed by atoms with Gasteiger partial charge >= 0.3 is 0 Å². The maximum atomic E-state index is 12.2. The highest BCUT2D eigenvalue weighted by atomic mass is 16.3. The lowest BCUT2D eigenvalue weighted by molar-refractivity contribution is 0.116. The molecular weight excluding hydrogens is 378 g/mol.